The van der Waals surface area contributed by atoms with Gasteiger partial charge in [-0.15, -0.1) is 11.3 Å². The molecule has 4 nitrogen and oxygen atoms in total. The van der Waals surface area contributed by atoms with Gasteiger partial charge >= 0.3 is 0 Å². The molecule has 0 N–H and O–H groups in total. The number of anilines is 1. The Morgan fingerprint density at radius 1 is 0.963 bits per heavy atom. The number of rotatable bonds is 1. The van der Waals surface area contributed by atoms with Crippen LogP contribution in [0.1, 0.15) is 11.1 Å². The lowest BCUT2D eigenvalue weighted by Crippen LogP contribution is -3.00. The molecular formula is C21H27IN4S. The topological polar surface area (TPSA) is 22.4 Å². The van der Waals surface area contributed by atoms with E-state index in [-0.39, 0.29) is 24.0 Å². The van der Waals surface area contributed by atoms with Gasteiger partial charge in [-0.05, 0) is 44.2 Å². The predicted molar refractivity (Wildman–Crippen MR) is 113 cm³/mol. The zero-order valence-electron chi connectivity index (χ0n) is 16.7. The van der Waals surface area contributed by atoms with Crippen LogP contribution >= 0.6 is 11.3 Å². The second kappa shape index (κ2) is 8.01. The molecule has 1 aromatic carbocycles. The van der Waals surface area contributed by atoms with Gasteiger partial charge in [0.1, 0.15) is 14.1 Å². The fourth-order valence-electron chi connectivity index (χ4n) is 3.64. The number of nitrogens with zero attached hydrogens (tertiary/aromatic N) is 4. The number of fused-ring (bicyclic) bond motifs is 2. The summed E-state index contributed by atoms with van der Waals surface area (Å²) in [6, 6.07) is 9.13. The Hall–Kier alpha value is -1.25. The van der Waals surface area contributed by atoms with Gasteiger partial charge in [0.2, 0.25) is 5.36 Å². The number of aromatic nitrogens is 1. The van der Waals surface area contributed by atoms with Gasteiger partial charge in [-0.2, -0.15) is 0 Å². The zero-order chi connectivity index (χ0) is 18.4. The normalized spacial score (nSPS) is 15.2. The van der Waals surface area contributed by atoms with E-state index in [1.165, 1.54) is 31.7 Å². The van der Waals surface area contributed by atoms with Gasteiger partial charge in [0.05, 0.1) is 20.8 Å². The molecule has 0 amide bonds. The maximum Gasteiger partial charge on any atom is 0.201 e. The molecular weight excluding hydrogens is 467 g/mol. The lowest BCUT2D eigenvalue weighted by molar-refractivity contribution is -0.00000541. The average molecular weight is 494 g/mol. The van der Waals surface area contributed by atoms with Crippen LogP contribution in [0.15, 0.2) is 24.3 Å². The maximum absolute atomic E-state index is 5.04. The molecule has 3 aliphatic rings. The Kier molecular flexibility index (Phi) is 6.08. The van der Waals surface area contributed by atoms with Crippen molar-refractivity contribution in [2.45, 2.75) is 13.8 Å². The van der Waals surface area contributed by atoms with Crippen LogP contribution in [0.5, 0.6) is 0 Å². The molecule has 0 spiro atoms. The molecule has 0 aromatic heterocycles. The summed E-state index contributed by atoms with van der Waals surface area (Å²) in [5, 5.41) is 1.24. The minimum atomic E-state index is 0. The van der Waals surface area contributed by atoms with Gasteiger partial charge in [-0.3, -0.25) is 0 Å². The summed E-state index contributed by atoms with van der Waals surface area (Å²) in [5.41, 5.74) is 6.11. The van der Waals surface area contributed by atoms with Crippen LogP contribution in [0.4, 0.5) is 5.69 Å². The molecule has 0 radical (unpaired) electrons. The number of hydrogen-bond donors (Lipinski definition) is 0. The molecule has 1 fully saturated rings. The molecule has 2 heterocycles. The predicted octanol–water partition coefficient (Wildman–Crippen LogP) is -0.194. The third-order valence-electron chi connectivity index (χ3n) is 5.33. The standard InChI is InChI=1S/C21H27N4S.HI/c1-14-10-16(23(3)4)12-18-20(14)22-21-15(2)11-17(13-19(21)26-18)25-8-6-24(5)7-9-25;/h10-13H,6-9H2,1-5H3;1H/q+1;/p-1. The summed E-state index contributed by atoms with van der Waals surface area (Å²) in [6.07, 6.45) is 0. The van der Waals surface area contributed by atoms with Gasteiger partial charge in [-0.25, -0.2) is 9.56 Å². The van der Waals surface area contributed by atoms with E-state index in [0.29, 0.717) is 0 Å². The van der Waals surface area contributed by atoms with E-state index in [0.717, 1.165) is 37.4 Å². The highest BCUT2D eigenvalue weighted by Crippen LogP contribution is 2.35. The van der Waals surface area contributed by atoms with E-state index < -0.39 is 0 Å². The molecule has 144 valence electrons. The molecule has 0 bridgehead atoms. The highest BCUT2D eigenvalue weighted by molar-refractivity contribution is 7.21. The fraction of sp³-hybridized carbons (Fsp3) is 0.429. The number of piperazine rings is 1. The Morgan fingerprint density at radius 3 is 2.33 bits per heavy atom. The lowest BCUT2D eigenvalue weighted by atomic mass is 10.1. The van der Waals surface area contributed by atoms with Crippen LogP contribution in [0.25, 0.3) is 20.8 Å². The number of hydrogen-bond acceptors (Lipinski definition) is 4. The molecule has 1 saturated heterocycles. The minimum absolute atomic E-state index is 0. The van der Waals surface area contributed by atoms with E-state index in [1.807, 2.05) is 11.3 Å². The molecule has 2 aliphatic heterocycles. The van der Waals surface area contributed by atoms with Crippen molar-refractivity contribution in [3.8, 4) is 10.6 Å². The summed E-state index contributed by atoms with van der Waals surface area (Å²) in [5.74, 6) is 0. The van der Waals surface area contributed by atoms with E-state index >= 15 is 0 Å². The second-order valence-corrected chi connectivity index (χ2v) is 8.70. The fourth-order valence-corrected chi connectivity index (χ4v) is 4.84. The van der Waals surface area contributed by atoms with Crippen molar-refractivity contribution in [2.75, 3.05) is 52.2 Å². The summed E-state index contributed by atoms with van der Waals surface area (Å²) < 4.78 is 3.44. The van der Waals surface area contributed by atoms with Crippen molar-refractivity contribution in [2.24, 2.45) is 0 Å². The van der Waals surface area contributed by atoms with Crippen molar-refractivity contribution >= 4 is 27.2 Å². The number of aryl methyl sites for hydroxylation is 2. The Labute approximate surface area is 182 Å². The number of benzene rings is 2. The van der Waals surface area contributed by atoms with Gasteiger partial charge in [-0.1, -0.05) is 0 Å². The number of likely N-dealkylation sites (N-methyl/N-ethyl adjacent to an activating group) is 1. The largest absolute Gasteiger partial charge is 1.00 e. The quantitative estimate of drug-likeness (QED) is 0.266. The summed E-state index contributed by atoms with van der Waals surface area (Å²) in [6.45, 7) is 8.80. The van der Waals surface area contributed by atoms with Gasteiger partial charge in [0.25, 0.3) is 0 Å². The first-order valence-electron chi connectivity index (χ1n) is 9.22. The highest BCUT2D eigenvalue weighted by Gasteiger charge is 2.18. The third kappa shape index (κ3) is 3.98. The molecule has 6 heteroatoms. The first-order valence-corrected chi connectivity index (χ1v) is 10.0. The lowest BCUT2D eigenvalue weighted by Gasteiger charge is -2.34. The van der Waals surface area contributed by atoms with Crippen LogP contribution in [0.2, 0.25) is 0 Å². The maximum atomic E-state index is 5.04. The van der Waals surface area contributed by atoms with E-state index in [9.17, 15) is 0 Å². The van der Waals surface area contributed by atoms with E-state index in [4.69, 9.17) is 4.98 Å². The molecule has 0 saturated carbocycles. The first kappa shape index (κ1) is 20.5. The van der Waals surface area contributed by atoms with Crippen LogP contribution in [0, 0.1) is 13.8 Å². The first-order chi connectivity index (χ1) is 12.4. The number of halogens is 1. The Bertz CT molecular complexity index is 1010. The molecule has 27 heavy (non-hydrogen) atoms. The Morgan fingerprint density at radius 2 is 1.67 bits per heavy atom. The van der Waals surface area contributed by atoms with Gasteiger partial charge in [0.15, 0.2) is 0 Å². The SMILES string of the molecule is Cc1cc(=[N+](C)C)cc2sc3cc(N4CCN(C)CC4)cc(C)c3nc1-2.[I-]. The van der Waals surface area contributed by atoms with Crippen molar-refractivity contribution in [3.63, 3.8) is 0 Å². The zero-order valence-corrected chi connectivity index (χ0v) is 19.7. The van der Waals surface area contributed by atoms with Gasteiger partial charge < -0.3 is 33.8 Å². The highest BCUT2D eigenvalue weighted by atomic mass is 127. The molecule has 0 atom stereocenters. The third-order valence-corrected chi connectivity index (χ3v) is 6.39. The van der Waals surface area contributed by atoms with Crippen molar-refractivity contribution in [3.05, 3.63) is 40.7 Å². The molecule has 1 aromatic rings. The van der Waals surface area contributed by atoms with Crippen molar-refractivity contribution in [1.82, 2.24) is 14.5 Å². The van der Waals surface area contributed by atoms with Crippen LogP contribution < -0.4 is 38.8 Å². The van der Waals surface area contributed by atoms with Crippen LogP contribution in [-0.4, -0.2) is 57.2 Å². The second-order valence-electron chi connectivity index (χ2n) is 7.62. The average Bonchev–Trinajstić information content (AvgIpc) is 2.61. The van der Waals surface area contributed by atoms with Crippen molar-refractivity contribution < 1.29 is 24.0 Å². The van der Waals surface area contributed by atoms with Crippen molar-refractivity contribution in [1.29, 1.82) is 0 Å². The molecule has 0 unspecified atom stereocenters. The van der Waals surface area contributed by atoms with E-state index in [2.05, 4.69) is 73.6 Å². The summed E-state index contributed by atoms with van der Waals surface area (Å²) in [7, 11) is 6.39. The van der Waals surface area contributed by atoms with E-state index in [1.54, 1.807) is 0 Å². The van der Waals surface area contributed by atoms with Gasteiger partial charge in [0, 0.05) is 44.0 Å². The molecule has 4 rings (SSSR count). The van der Waals surface area contributed by atoms with Crippen LogP contribution in [0.3, 0.4) is 0 Å². The Balaban J connectivity index is 0.00000210. The minimum Gasteiger partial charge on any atom is -1.00 e. The summed E-state index contributed by atoms with van der Waals surface area (Å²) >= 11 is 1.86. The summed E-state index contributed by atoms with van der Waals surface area (Å²) in [4.78, 5) is 11.2. The smallest absolute Gasteiger partial charge is 0.201 e. The van der Waals surface area contributed by atoms with Crippen LogP contribution in [-0.2, 0) is 0 Å². The monoisotopic (exact) mass is 494 g/mol. The molecule has 1 aliphatic carbocycles.